The fraction of sp³-hybridized carbons (Fsp3) is 1.00. The summed E-state index contributed by atoms with van der Waals surface area (Å²) in [6.07, 6.45) is 4.35. The van der Waals surface area contributed by atoms with Crippen LogP contribution in [0.5, 0.6) is 0 Å². The van der Waals surface area contributed by atoms with Crippen molar-refractivity contribution in [3.63, 3.8) is 0 Å². The smallest absolute Gasteiger partial charge is 0.0917 e. The highest BCUT2D eigenvalue weighted by molar-refractivity contribution is 4.95. The van der Waals surface area contributed by atoms with E-state index in [1.165, 1.54) is 19.3 Å². The maximum absolute atomic E-state index is 5.41. The van der Waals surface area contributed by atoms with Gasteiger partial charge in [0.25, 0.3) is 0 Å². The van der Waals surface area contributed by atoms with Gasteiger partial charge in [0.1, 0.15) is 0 Å². The molecule has 0 aromatic carbocycles. The van der Waals surface area contributed by atoms with Crippen LogP contribution in [0.25, 0.3) is 0 Å². The molecule has 1 heterocycles. The van der Waals surface area contributed by atoms with Crippen LogP contribution >= 0.6 is 0 Å². The first-order valence-electron chi connectivity index (χ1n) is 3.87. The molecule has 0 spiro atoms. The van der Waals surface area contributed by atoms with Gasteiger partial charge in [0, 0.05) is 0 Å². The van der Waals surface area contributed by atoms with E-state index in [0.717, 1.165) is 0 Å². The Morgan fingerprint density at radius 1 is 1.56 bits per heavy atom. The lowest BCUT2D eigenvalue weighted by Gasteiger charge is -2.01. The molecule has 0 amide bonds. The van der Waals surface area contributed by atoms with Gasteiger partial charge in [-0.3, -0.25) is 0 Å². The van der Waals surface area contributed by atoms with E-state index in [0.29, 0.717) is 6.10 Å². The molecule has 9 heavy (non-hydrogen) atoms. The van der Waals surface area contributed by atoms with Crippen molar-refractivity contribution in [2.45, 2.75) is 51.7 Å². The van der Waals surface area contributed by atoms with Crippen molar-refractivity contribution < 1.29 is 4.74 Å². The van der Waals surface area contributed by atoms with Crippen molar-refractivity contribution in [3.8, 4) is 0 Å². The maximum atomic E-state index is 5.41. The first-order valence-corrected chi connectivity index (χ1v) is 3.87. The molecule has 1 aliphatic rings. The summed E-state index contributed by atoms with van der Waals surface area (Å²) in [4.78, 5) is 0. The van der Waals surface area contributed by atoms with E-state index >= 15 is 0 Å². The van der Waals surface area contributed by atoms with E-state index < -0.39 is 0 Å². The van der Waals surface area contributed by atoms with Gasteiger partial charge in [-0.05, 0) is 20.3 Å². The number of hydrogen-bond acceptors (Lipinski definition) is 1. The third-order valence-electron chi connectivity index (χ3n) is 2.28. The molecule has 0 radical (unpaired) electrons. The van der Waals surface area contributed by atoms with Crippen LogP contribution in [0.2, 0.25) is 0 Å². The normalized spacial score (nSPS) is 41.0. The Morgan fingerprint density at radius 3 is 2.44 bits per heavy atom. The standard InChI is InChI=1S/C8H16O/c1-4-5-6-8(3)7(2)9-8/h7H,4-6H2,1-3H3. The van der Waals surface area contributed by atoms with Crippen LogP contribution in [-0.4, -0.2) is 11.7 Å². The second kappa shape index (κ2) is 2.30. The Bertz CT molecular complexity index is 101. The van der Waals surface area contributed by atoms with Gasteiger partial charge in [0.2, 0.25) is 0 Å². The van der Waals surface area contributed by atoms with Gasteiger partial charge >= 0.3 is 0 Å². The second-order valence-electron chi connectivity index (χ2n) is 3.18. The fourth-order valence-electron chi connectivity index (χ4n) is 1.16. The van der Waals surface area contributed by atoms with Crippen molar-refractivity contribution in [2.24, 2.45) is 0 Å². The van der Waals surface area contributed by atoms with E-state index in [1.807, 2.05) is 0 Å². The minimum atomic E-state index is 0.260. The molecule has 2 atom stereocenters. The van der Waals surface area contributed by atoms with Crippen LogP contribution in [-0.2, 0) is 4.74 Å². The largest absolute Gasteiger partial charge is 0.367 e. The van der Waals surface area contributed by atoms with E-state index in [-0.39, 0.29) is 5.60 Å². The predicted molar refractivity (Wildman–Crippen MR) is 38.5 cm³/mol. The topological polar surface area (TPSA) is 12.5 Å². The fourth-order valence-corrected chi connectivity index (χ4v) is 1.16. The van der Waals surface area contributed by atoms with Crippen LogP contribution in [0, 0.1) is 0 Å². The first kappa shape index (κ1) is 7.07. The molecule has 1 nitrogen and oxygen atoms in total. The number of rotatable bonds is 3. The molecule has 0 aromatic rings. The zero-order chi connectivity index (χ0) is 6.91. The summed E-state index contributed by atoms with van der Waals surface area (Å²) in [5.74, 6) is 0. The summed E-state index contributed by atoms with van der Waals surface area (Å²) < 4.78 is 5.41. The van der Waals surface area contributed by atoms with Gasteiger partial charge in [0.05, 0.1) is 11.7 Å². The van der Waals surface area contributed by atoms with Crippen molar-refractivity contribution in [2.75, 3.05) is 0 Å². The zero-order valence-corrected chi connectivity index (χ0v) is 6.61. The van der Waals surface area contributed by atoms with E-state index in [9.17, 15) is 0 Å². The van der Waals surface area contributed by atoms with Crippen molar-refractivity contribution in [1.29, 1.82) is 0 Å². The molecule has 54 valence electrons. The third-order valence-corrected chi connectivity index (χ3v) is 2.28. The highest BCUT2D eigenvalue weighted by Gasteiger charge is 2.47. The molecule has 0 N–H and O–H groups in total. The van der Waals surface area contributed by atoms with Crippen molar-refractivity contribution >= 4 is 0 Å². The molecule has 0 aromatic heterocycles. The van der Waals surface area contributed by atoms with Gasteiger partial charge in [-0.1, -0.05) is 19.8 Å². The van der Waals surface area contributed by atoms with Crippen LogP contribution in [0.3, 0.4) is 0 Å². The first-order chi connectivity index (χ1) is 4.19. The quantitative estimate of drug-likeness (QED) is 0.531. The summed E-state index contributed by atoms with van der Waals surface area (Å²) in [7, 11) is 0. The van der Waals surface area contributed by atoms with Crippen molar-refractivity contribution in [1.82, 2.24) is 0 Å². The highest BCUT2D eigenvalue weighted by atomic mass is 16.6. The molecule has 1 heteroatoms. The molecule has 1 saturated heterocycles. The summed E-state index contributed by atoms with van der Waals surface area (Å²) in [5.41, 5.74) is 0.260. The van der Waals surface area contributed by atoms with Gasteiger partial charge in [-0.25, -0.2) is 0 Å². The minimum Gasteiger partial charge on any atom is -0.367 e. The number of hydrogen-bond donors (Lipinski definition) is 0. The molecule has 0 bridgehead atoms. The number of epoxide rings is 1. The van der Waals surface area contributed by atoms with Crippen molar-refractivity contribution in [3.05, 3.63) is 0 Å². The zero-order valence-electron chi connectivity index (χ0n) is 6.61. The molecule has 1 fully saturated rings. The van der Waals surface area contributed by atoms with Gasteiger partial charge < -0.3 is 4.74 Å². The minimum absolute atomic E-state index is 0.260. The van der Waals surface area contributed by atoms with Gasteiger partial charge in [0.15, 0.2) is 0 Å². The summed E-state index contributed by atoms with van der Waals surface area (Å²) in [6.45, 7) is 6.57. The second-order valence-corrected chi connectivity index (χ2v) is 3.18. The van der Waals surface area contributed by atoms with E-state index in [1.54, 1.807) is 0 Å². The Hall–Kier alpha value is -0.0400. The monoisotopic (exact) mass is 128 g/mol. The maximum Gasteiger partial charge on any atom is 0.0917 e. The van der Waals surface area contributed by atoms with Crippen LogP contribution in [0.1, 0.15) is 40.0 Å². The lowest BCUT2D eigenvalue weighted by molar-refractivity contribution is 0.294. The average Bonchev–Trinajstić information content (AvgIpc) is 2.38. The Balaban J connectivity index is 2.13. The lowest BCUT2D eigenvalue weighted by atomic mass is 10.0. The molecule has 1 rings (SSSR count). The predicted octanol–water partition coefficient (Wildman–Crippen LogP) is 2.35. The molecule has 0 aliphatic carbocycles. The van der Waals surface area contributed by atoms with Crippen LogP contribution < -0.4 is 0 Å². The molecule has 1 aliphatic heterocycles. The molecular formula is C8H16O. The summed E-state index contributed by atoms with van der Waals surface area (Å²) in [5, 5.41) is 0. The Morgan fingerprint density at radius 2 is 2.11 bits per heavy atom. The number of ether oxygens (including phenoxy) is 1. The molecule has 2 unspecified atom stereocenters. The Kier molecular flexibility index (Phi) is 1.80. The van der Waals surface area contributed by atoms with Gasteiger partial charge in [-0.2, -0.15) is 0 Å². The van der Waals surface area contributed by atoms with E-state index in [2.05, 4.69) is 20.8 Å². The molecule has 0 saturated carbocycles. The summed E-state index contributed by atoms with van der Waals surface area (Å²) in [6, 6.07) is 0. The highest BCUT2D eigenvalue weighted by Crippen LogP contribution is 2.39. The third kappa shape index (κ3) is 1.45. The van der Waals surface area contributed by atoms with Gasteiger partial charge in [-0.15, -0.1) is 0 Å². The van der Waals surface area contributed by atoms with E-state index in [4.69, 9.17) is 4.74 Å². The van der Waals surface area contributed by atoms with Crippen LogP contribution in [0.15, 0.2) is 0 Å². The SMILES string of the molecule is CCCCC1(C)OC1C. The van der Waals surface area contributed by atoms with Crippen LogP contribution in [0.4, 0.5) is 0 Å². The number of unbranched alkanes of at least 4 members (excludes halogenated alkanes) is 1. The molecular weight excluding hydrogens is 112 g/mol. The Labute approximate surface area is 57.4 Å². The lowest BCUT2D eigenvalue weighted by Crippen LogP contribution is -2.06. The average molecular weight is 128 g/mol. The summed E-state index contributed by atoms with van der Waals surface area (Å²) >= 11 is 0.